The maximum Gasteiger partial charge on any atom is 0.314 e. The number of ether oxygens (including phenoxy) is 1. The van der Waals surface area contributed by atoms with Gasteiger partial charge in [-0.1, -0.05) is 12.1 Å². The molecule has 0 heterocycles. The average Bonchev–Trinajstić information content (AvgIpc) is 2.61. The molecular formula is C17H28N4O5S. The highest BCUT2D eigenvalue weighted by atomic mass is 32.2. The van der Waals surface area contributed by atoms with Crippen LogP contribution in [-0.4, -0.2) is 60.3 Å². The molecule has 1 aromatic carbocycles. The van der Waals surface area contributed by atoms with Crippen molar-refractivity contribution in [2.24, 2.45) is 0 Å². The van der Waals surface area contributed by atoms with Gasteiger partial charge < -0.3 is 20.7 Å². The predicted molar refractivity (Wildman–Crippen MR) is 102 cm³/mol. The van der Waals surface area contributed by atoms with Crippen LogP contribution in [-0.2, 0) is 19.6 Å². The van der Waals surface area contributed by atoms with Crippen molar-refractivity contribution in [1.82, 2.24) is 20.7 Å². The Morgan fingerprint density at radius 3 is 2.41 bits per heavy atom. The maximum atomic E-state index is 12.3. The van der Waals surface area contributed by atoms with Crippen molar-refractivity contribution in [1.29, 1.82) is 0 Å². The first-order chi connectivity index (χ1) is 12.8. The van der Waals surface area contributed by atoms with Crippen molar-refractivity contribution < 1.29 is 22.7 Å². The fourth-order valence-electron chi connectivity index (χ4n) is 2.17. The third-order valence-corrected chi connectivity index (χ3v) is 5.20. The van der Waals surface area contributed by atoms with Crippen LogP contribution in [0, 0.1) is 13.8 Å². The highest BCUT2D eigenvalue weighted by Crippen LogP contribution is 2.16. The van der Waals surface area contributed by atoms with Crippen molar-refractivity contribution in [2.45, 2.75) is 25.2 Å². The van der Waals surface area contributed by atoms with Crippen molar-refractivity contribution in [3.63, 3.8) is 0 Å². The van der Waals surface area contributed by atoms with Crippen LogP contribution < -0.4 is 20.7 Å². The molecule has 0 aliphatic rings. The number of aryl methyl sites for hydroxylation is 2. The number of urea groups is 1. The molecule has 4 N–H and O–H groups in total. The van der Waals surface area contributed by atoms with Crippen molar-refractivity contribution in [3.8, 4) is 0 Å². The maximum absolute atomic E-state index is 12.3. The second-order valence-corrected chi connectivity index (χ2v) is 7.68. The molecule has 9 nitrogen and oxygen atoms in total. The molecule has 152 valence electrons. The van der Waals surface area contributed by atoms with Gasteiger partial charge in [0.05, 0.1) is 11.5 Å². The number of amides is 3. The number of carbonyl (C=O) groups is 2. The van der Waals surface area contributed by atoms with E-state index in [1.165, 1.54) is 0 Å². The minimum Gasteiger partial charge on any atom is -0.383 e. The van der Waals surface area contributed by atoms with E-state index >= 15 is 0 Å². The summed E-state index contributed by atoms with van der Waals surface area (Å²) in [5, 5.41) is 7.70. The van der Waals surface area contributed by atoms with Gasteiger partial charge in [0.1, 0.15) is 0 Å². The topological polar surface area (TPSA) is 126 Å². The van der Waals surface area contributed by atoms with Crippen LogP contribution in [0.4, 0.5) is 4.79 Å². The minimum absolute atomic E-state index is 0.0562. The summed E-state index contributed by atoms with van der Waals surface area (Å²) in [5.41, 5.74) is 1.51. The number of methoxy groups -OCH3 is 1. The second-order valence-electron chi connectivity index (χ2n) is 5.94. The van der Waals surface area contributed by atoms with Gasteiger partial charge in [-0.05, 0) is 31.0 Å². The average molecular weight is 401 g/mol. The minimum atomic E-state index is -3.64. The highest BCUT2D eigenvalue weighted by Gasteiger charge is 2.16. The summed E-state index contributed by atoms with van der Waals surface area (Å²) in [7, 11) is -2.09. The van der Waals surface area contributed by atoms with E-state index in [-0.39, 0.29) is 36.9 Å². The molecule has 0 saturated heterocycles. The van der Waals surface area contributed by atoms with Crippen molar-refractivity contribution >= 4 is 22.0 Å². The standard InChI is InChI=1S/C17H28N4O5S/c1-13-4-5-14(2)15(12-13)27(24,25)21-9-8-20-17(23)19-7-6-16(22)18-10-11-26-3/h4-5,12,21H,6-11H2,1-3H3,(H,18,22)(H2,19,20,23). The van der Waals surface area contributed by atoms with Gasteiger partial charge in [0, 0.05) is 39.7 Å². The number of rotatable bonds is 11. The summed E-state index contributed by atoms with van der Waals surface area (Å²) < 4.78 is 31.9. The van der Waals surface area contributed by atoms with E-state index in [1.54, 1.807) is 26.2 Å². The third-order valence-electron chi connectivity index (χ3n) is 3.60. The van der Waals surface area contributed by atoms with Gasteiger partial charge in [-0.3, -0.25) is 4.79 Å². The van der Waals surface area contributed by atoms with Crippen LogP contribution in [0.5, 0.6) is 0 Å². The Morgan fingerprint density at radius 2 is 1.70 bits per heavy atom. The normalized spacial score (nSPS) is 11.1. The number of carbonyl (C=O) groups excluding carboxylic acids is 2. The zero-order valence-electron chi connectivity index (χ0n) is 15.9. The second kappa shape index (κ2) is 11.5. The Hall–Kier alpha value is -2.17. The van der Waals surface area contributed by atoms with Gasteiger partial charge in [0.25, 0.3) is 0 Å². The van der Waals surface area contributed by atoms with Gasteiger partial charge in [-0.2, -0.15) is 0 Å². The molecule has 0 aliphatic carbocycles. The summed E-state index contributed by atoms with van der Waals surface area (Å²) in [5.74, 6) is -0.186. The Bertz CT molecular complexity index is 737. The molecule has 0 radical (unpaired) electrons. The van der Waals surface area contributed by atoms with Crippen LogP contribution in [0.2, 0.25) is 0 Å². The van der Waals surface area contributed by atoms with E-state index in [0.29, 0.717) is 18.7 Å². The van der Waals surface area contributed by atoms with Gasteiger partial charge in [0.2, 0.25) is 15.9 Å². The molecule has 10 heteroatoms. The van der Waals surface area contributed by atoms with E-state index in [9.17, 15) is 18.0 Å². The van der Waals surface area contributed by atoms with Crippen LogP contribution >= 0.6 is 0 Å². The van der Waals surface area contributed by atoms with Crippen LogP contribution in [0.15, 0.2) is 23.1 Å². The van der Waals surface area contributed by atoms with Gasteiger partial charge in [-0.25, -0.2) is 17.9 Å². The molecule has 0 aliphatic heterocycles. The van der Waals surface area contributed by atoms with Crippen molar-refractivity contribution in [3.05, 3.63) is 29.3 Å². The first-order valence-electron chi connectivity index (χ1n) is 8.60. The summed E-state index contributed by atoms with van der Waals surface area (Å²) in [4.78, 5) is 23.3. The van der Waals surface area contributed by atoms with Crippen molar-refractivity contribution in [2.75, 3.05) is 39.9 Å². The number of hydrogen-bond donors (Lipinski definition) is 4. The smallest absolute Gasteiger partial charge is 0.314 e. The monoisotopic (exact) mass is 400 g/mol. The molecule has 0 spiro atoms. The molecule has 0 atom stereocenters. The van der Waals surface area contributed by atoms with Crippen LogP contribution in [0.1, 0.15) is 17.5 Å². The summed E-state index contributed by atoms with van der Waals surface area (Å²) in [6, 6.07) is 4.74. The molecule has 27 heavy (non-hydrogen) atoms. The van der Waals surface area contributed by atoms with Crippen LogP contribution in [0.3, 0.4) is 0 Å². The largest absolute Gasteiger partial charge is 0.383 e. The third kappa shape index (κ3) is 8.85. The number of hydrogen-bond acceptors (Lipinski definition) is 5. The molecule has 1 rings (SSSR count). The lowest BCUT2D eigenvalue weighted by Crippen LogP contribution is -2.41. The zero-order valence-corrected chi connectivity index (χ0v) is 16.7. The zero-order chi connectivity index (χ0) is 20.3. The lowest BCUT2D eigenvalue weighted by Gasteiger charge is -2.11. The van der Waals surface area contributed by atoms with Gasteiger partial charge in [0.15, 0.2) is 0 Å². The molecule has 0 bridgehead atoms. The van der Waals surface area contributed by atoms with Crippen LogP contribution in [0.25, 0.3) is 0 Å². The fourth-order valence-corrected chi connectivity index (χ4v) is 3.53. The molecule has 1 aromatic rings. The van der Waals surface area contributed by atoms with Gasteiger partial charge >= 0.3 is 6.03 Å². The summed E-state index contributed by atoms with van der Waals surface area (Å²) >= 11 is 0. The molecule has 0 unspecified atom stereocenters. The predicted octanol–water partition coefficient (Wildman–Crippen LogP) is 0.0336. The number of benzene rings is 1. The summed E-state index contributed by atoms with van der Waals surface area (Å²) in [6.07, 6.45) is 0.149. The molecule has 3 amide bonds. The van der Waals surface area contributed by atoms with E-state index in [1.807, 2.05) is 13.0 Å². The summed E-state index contributed by atoms with van der Waals surface area (Å²) in [6.45, 7) is 4.75. The Labute approximate surface area is 160 Å². The molecular weight excluding hydrogens is 372 g/mol. The van der Waals surface area contributed by atoms with E-state index < -0.39 is 16.1 Å². The first kappa shape index (κ1) is 22.9. The number of sulfonamides is 1. The quantitative estimate of drug-likeness (QED) is 0.390. The Balaban J connectivity index is 2.26. The Morgan fingerprint density at radius 1 is 1.00 bits per heavy atom. The first-order valence-corrected chi connectivity index (χ1v) is 10.1. The number of nitrogens with one attached hydrogen (secondary N) is 4. The van der Waals surface area contributed by atoms with Gasteiger partial charge in [-0.15, -0.1) is 0 Å². The molecule has 0 aromatic heterocycles. The fraction of sp³-hybridized carbons (Fsp3) is 0.529. The molecule has 0 saturated carbocycles. The van der Waals surface area contributed by atoms with E-state index in [2.05, 4.69) is 20.7 Å². The highest BCUT2D eigenvalue weighted by molar-refractivity contribution is 7.89. The lowest BCUT2D eigenvalue weighted by molar-refractivity contribution is -0.121. The molecule has 0 fully saturated rings. The SMILES string of the molecule is COCCNC(=O)CCNC(=O)NCCNS(=O)(=O)c1cc(C)ccc1C. The lowest BCUT2D eigenvalue weighted by atomic mass is 10.2. The Kier molecular flexibility index (Phi) is 9.76. The van der Waals surface area contributed by atoms with E-state index in [4.69, 9.17) is 4.74 Å². The van der Waals surface area contributed by atoms with E-state index in [0.717, 1.165) is 5.56 Å².